The fraction of sp³-hybridized carbons (Fsp3) is 0.217. The zero-order chi connectivity index (χ0) is 19.6. The van der Waals surface area contributed by atoms with E-state index in [1.807, 2.05) is 36.5 Å². The van der Waals surface area contributed by atoms with E-state index in [9.17, 15) is 4.79 Å². The second-order valence-corrected chi connectivity index (χ2v) is 7.31. The number of hydrogen-bond acceptors (Lipinski definition) is 5. The van der Waals surface area contributed by atoms with E-state index in [4.69, 9.17) is 0 Å². The second-order valence-electron chi connectivity index (χ2n) is 7.31. The monoisotopic (exact) mass is 383 g/mol. The molecule has 29 heavy (non-hydrogen) atoms. The standard InChI is InChI=1S/C23H21N5O/c29-23-8-7-20(17-9-12-24-13-10-17)26-28(23)16-18-4-3-15-27(18)22-11-14-25-21-6-2-1-5-19(21)22/h1-2,5-14,18H,3-4,15-16H2. The SMILES string of the molecule is O=c1ccc(-c2ccncc2)nn1CC1CCCN1c1ccnc2ccccc12. The Hall–Kier alpha value is -3.54. The Balaban J connectivity index is 1.48. The molecule has 6 heteroatoms. The average Bonchev–Trinajstić information content (AvgIpc) is 3.23. The lowest BCUT2D eigenvalue weighted by Crippen LogP contribution is -2.37. The van der Waals surface area contributed by atoms with Crippen LogP contribution in [-0.4, -0.2) is 32.3 Å². The highest BCUT2D eigenvalue weighted by Crippen LogP contribution is 2.31. The summed E-state index contributed by atoms with van der Waals surface area (Å²) < 4.78 is 1.60. The summed E-state index contributed by atoms with van der Waals surface area (Å²) in [6.45, 7) is 1.53. The fourth-order valence-electron chi connectivity index (χ4n) is 4.13. The van der Waals surface area contributed by atoms with Crippen molar-refractivity contribution in [2.24, 2.45) is 0 Å². The van der Waals surface area contributed by atoms with E-state index >= 15 is 0 Å². The minimum Gasteiger partial charge on any atom is -0.366 e. The largest absolute Gasteiger partial charge is 0.366 e. The number of rotatable bonds is 4. The summed E-state index contributed by atoms with van der Waals surface area (Å²) in [6, 6.07) is 17.7. The zero-order valence-corrected chi connectivity index (χ0v) is 16.0. The van der Waals surface area contributed by atoms with E-state index in [1.165, 1.54) is 5.69 Å². The van der Waals surface area contributed by atoms with Crippen LogP contribution in [0.25, 0.3) is 22.2 Å². The van der Waals surface area contributed by atoms with Crippen LogP contribution in [0.4, 0.5) is 5.69 Å². The van der Waals surface area contributed by atoms with Gasteiger partial charge in [-0.2, -0.15) is 5.10 Å². The first kappa shape index (κ1) is 17.6. The number of anilines is 1. The van der Waals surface area contributed by atoms with Gasteiger partial charge in [0, 0.05) is 53.9 Å². The van der Waals surface area contributed by atoms with Crippen molar-refractivity contribution in [2.75, 3.05) is 11.4 Å². The van der Waals surface area contributed by atoms with Crippen LogP contribution in [0.1, 0.15) is 12.8 Å². The molecule has 3 aromatic heterocycles. The summed E-state index contributed by atoms with van der Waals surface area (Å²) in [7, 11) is 0. The molecule has 1 aliphatic rings. The van der Waals surface area contributed by atoms with Crippen LogP contribution in [-0.2, 0) is 6.54 Å². The Bertz CT molecular complexity index is 1200. The van der Waals surface area contributed by atoms with Crippen LogP contribution in [0.15, 0.2) is 78.0 Å². The third-order valence-corrected chi connectivity index (χ3v) is 5.54. The van der Waals surface area contributed by atoms with Gasteiger partial charge >= 0.3 is 0 Å². The molecule has 0 saturated carbocycles. The van der Waals surface area contributed by atoms with E-state index in [-0.39, 0.29) is 11.6 Å². The lowest BCUT2D eigenvalue weighted by Gasteiger charge is -2.28. The average molecular weight is 383 g/mol. The summed E-state index contributed by atoms with van der Waals surface area (Å²) in [4.78, 5) is 23.4. The molecule has 6 nitrogen and oxygen atoms in total. The van der Waals surface area contributed by atoms with Crippen molar-refractivity contribution in [3.8, 4) is 11.3 Å². The van der Waals surface area contributed by atoms with Crippen LogP contribution in [0.5, 0.6) is 0 Å². The van der Waals surface area contributed by atoms with E-state index in [0.29, 0.717) is 6.54 Å². The molecule has 1 fully saturated rings. The van der Waals surface area contributed by atoms with Crippen molar-refractivity contribution in [3.05, 3.63) is 83.5 Å². The molecule has 144 valence electrons. The highest BCUT2D eigenvalue weighted by atomic mass is 16.1. The minimum atomic E-state index is -0.0748. The molecule has 0 N–H and O–H groups in total. The van der Waals surface area contributed by atoms with Gasteiger partial charge in [0.25, 0.3) is 5.56 Å². The molecular formula is C23H21N5O. The van der Waals surface area contributed by atoms with Crippen LogP contribution < -0.4 is 10.5 Å². The number of hydrogen-bond donors (Lipinski definition) is 0. The van der Waals surface area contributed by atoms with E-state index in [0.717, 1.165) is 41.5 Å². The number of pyridine rings is 2. The molecule has 1 atom stereocenters. The summed E-state index contributed by atoms with van der Waals surface area (Å²) in [5.74, 6) is 0. The molecular weight excluding hydrogens is 362 g/mol. The minimum absolute atomic E-state index is 0.0748. The van der Waals surface area contributed by atoms with Crippen molar-refractivity contribution in [2.45, 2.75) is 25.4 Å². The summed E-state index contributed by atoms with van der Waals surface area (Å²) in [5.41, 5.74) is 3.83. The third-order valence-electron chi connectivity index (χ3n) is 5.54. The third kappa shape index (κ3) is 3.38. The summed E-state index contributed by atoms with van der Waals surface area (Å²) in [6.07, 6.45) is 7.46. The molecule has 4 aromatic rings. The van der Waals surface area contributed by atoms with Crippen molar-refractivity contribution in [1.82, 2.24) is 19.7 Å². The van der Waals surface area contributed by atoms with Crippen molar-refractivity contribution < 1.29 is 0 Å². The zero-order valence-electron chi connectivity index (χ0n) is 16.0. The Labute approximate surface area is 168 Å². The predicted octanol–water partition coefficient (Wildman–Crippen LogP) is 3.52. The quantitative estimate of drug-likeness (QED) is 0.539. The first-order valence-corrected chi connectivity index (χ1v) is 9.88. The maximum atomic E-state index is 12.5. The number of nitrogens with zero attached hydrogens (tertiary/aromatic N) is 5. The van der Waals surface area contributed by atoms with Gasteiger partial charge < -0.3 is 4.90 Å². The Morgan fingerprint density at radius 3 is 2.72 bits per heavy atom. The fourth-order valence-corrected chi connectivity index (χ4v) is 4.13. The predicted molar refractivity (Wildman–Crippen MR) is 114 cm³/mol. The van der Waals surface area contributed by atoms with E-state index in [2.05, 4.69) is 32.1 Å². The first-order chi connectivity index (χ1) is 14.3. The number of aromatic nitrogens is 4. The van der Waals surface area contributed by atoms with Crippen molar-refractivity contribution in [1.29, 1.82) is 0 Å². The molecule has 0 amide bonds. The molecule has 5 rings (SSSR count). The number of benzene rings is 1. The van der Waals surface area contributed by atoms with Gasteiger partial charge in [0.05, 0.1) is 17.8 Å². The molecule has 0 radical (unpaired) electrons. The van der Waals surface area contributed by atoms with Gasteiger partial charge in [-0.25, -0.2) is 4.68 Å². The Kier molecular flexibility index (Phi) is 4.52. The van der Waals surface area contributed by atoms with Crippen LogP contribution in [0, 0.1) is 0 Å². The lowest BCUT2D eigenvalue weighted by atomic mass is 10.1. The van der Waals surface area contributed by atoms with Crippen LogP contribution >= 0.6 is 0 Å². The molecule has 1 saturated heterocycles. The molecule has 0 spiro atoms. The molecule has 0 aliphatic carbocycles. The van der Waals surface area contributed by atoms with Crippen molar-refractivity contribution >= 4 is 16.6 Å². The Morgan fingerprint density at radius 1 is 0.966 bits per heavy atom. The molecule has 1 aliphatic heterocycles. The second kappa shape index (κ2) is 7.47. The normalized spacial score (nSPS) is 16.4. The maximum absolute atomic E-state index is 12.5. The highest BCUT2D eigenvalue weighted by molar-refractivity contribution is 5.91. The number of para-hydroxylation sites is 1. The lowest BCUT2D eigenvalue weighted by molar-refractivity contribution is 0.491. The van der Waals surface area contributed by atoms with Crippen LogP contribution in [0.3, 0.4) is 0 Å². The summed E-state index contributed by atoms with van der Waals surface area (Å²) in [5, 5.41) is 5.78. The van der Waals surface area contributed by atoms with Crippen LogP contribution in [0.2, 0.25) is 0 Å². The van der Waals surface area contributed by atoms with Gasteiger partial charge in [-0.05, 0) is 43.2 Å². The molecule has 1 unspecified atom stereocenters. The molecule has 0 bridgehead atoms. The van der Waals surface area contributed by atoms with Crippen molar-refractivity contribution in [3.63, 3.8) is 0 Å². The van der Waals surface area contributed by atoms with Gasteiger partial charge in [0.1, 0.15) is 0 Å². The van der Waals surface area contributed by atoms with Gasteiger partial charge in [0.2, 0.25) is 0 Å². The smallest absolute Gasteiger partial charge is 0.266 e. The molecule has 1 aromatic carbocycles. The molecule has 4 heterocycles. The van der Waals surface area contributed by atoms with E-state index in [1.54, 1.807) is 29.2 Å². The van der Waals surface area contributed by atoms with Gasteiger partial charge in [-0.3, -0.25) is 14.8 Å². The van der Waals surface area contributed by atoms with Gasteiger partial charge in [-0.15, -0.1) is 0 Å². The van der Waals surface area contributed by atoms with Gasteiger partial charge in [0.15, 0.2) is 0 Å². The van der Waals surface area contributed by atoms with Gasteiger partial charge in [-0.1, -0.05) is 18.2 Å². The summed E-state index contributed by atoms with van der Waals surface area (Å²) >= 11 is 0. The number of fused-ring (bicyclic) bond motifs is 1. The highest BCUT2D eigenvalue weighted by Gasteiger charge is 2.27. The van der Waals surface area contributed by atoms with E-state index < -0.39 is 0 Å². The first-order valence-electron chi connectivity index (χ1n) is 9.88. The topological polar surface area (TPSA) is 63.9 Å². The Morgan fingerprint density at radius 2 is 1.83 bits per heavy atom. The maximum Gasteiger partial charge on any atom is 0.266 e.